The lowest BCUT2D eigenvalue weighted by Crippen LogP contribution is -2.42. The molecule has 0 aromatic heterocycles. The van der Waals surface area contributed by atoms with Crippen LogP contribution in [0.2, 0.25) is 0 Å². The lowest BCUT2D eigenvalue weighted by molar-refractivity contribution is -0.386. The zero-order valence-corrected chi connectivity index (χ0v) is 10.9. The number of benzene rings is 1. The molecule has 0 bridgehead atoms. The summed E-state index contributed by atoms with van der Waals surface area (Å²) < 4.78 is 10.6. The minimum Gasteiger partial charge on any atom is -0.490 e. The molecule has 1 saturated carbocycles. The van der Waals surface area contributed by atoms with Gasteiger partial charge in [0.25, 0.3) is 0 Å². The Morgan fingerprint density at radius 1 is 1.37 bits per heavy atom. The van der Waals surface area contributed by atoms with E-state index in [9.17, 15) is 10.1 Å². The molecule has 0 spiro atoms. The van der Waals surface area contributed by atoms with E-state index in [4.69, 9.17) is 15.2 Å². The number of nitro benzene ring substituents is 1. The van der Waals surface area contributed by atoms with Crippen molar-refractivity contribution in [3.05, 3.63) is 28.3 Å². The van der Waals surface area contributed by atoms with Crippen LogP contribution in [0.15, 0.2) is 18.2 Å². The van der Waals surface area contributed by atoms with E-state index >= 15 is 0 Å². The molecule has 0 atom stereocenters. The van der Waals surface area contributed by atoms with Gasteiger partial charge >= 0.3 is 5.69 Å². The van der Waals surface area contributed by atoms with Crippen molar-refractivity contribution in [2.75, 3.05) is 13.7 Å². The smallest absolute Gasteiger partial charge is 0.352 e. The van der Waals surface area contributed by atoms with Gasteiger partial charge in [-0.05, 0) is 25.0 Å². The molecule has 0 radical (unpaired) electrons. The van der Waals surface area contributed by atoms with Crippen molar-refractivity contribution in [1.29, 1.82) is 0 Å². The van der Waals surface area contributed by atoms with Crippen molar-refractivity contribution in [3.63, 3.8) is 0 Å². The summed E-state index contributed by atoms with van der Waals surface area (Å²) in [7, 11) is 1.40. The summed E-state index contributed by atoms with van der Waals surface area (Å²) in [6, 6.07) is 4.77. The largest absolute Gasteiger partial charge is 0.490 e. The average molecular weight is 266 g/mol. The molecular weight excluding hydrogens is 248 g/mol. The monoisotopic (exact) mass is 266 g/mol. The van der Waals surface area contributed by atoms with Gasteiger partial charge in [0.15, 0.2) is 0 Å². The molecule has 2 N–H and O–H groups in total. The maximum atomic E-state index is 11.1. The number of hydrogen-bond acceptors (Lipinski definition) is 5. The van der Waals surface area contributed by atoms with Crippen LogP contribution in [0.1, 0.15) is 25.7 Å². The first-order valence-electron chi connectivity index (χ1n) is 6.29. The number of hydrogen-bond donors (Lipinski definition) is 1. The second kappa shape index (κ2) is 5.44. The van der Waals surface area contributed by atoms with E-state index in [0.29, 0.717) is 6.61 Å². The van der Waals surface area contributed by atoms with Crippen molar-refractivity contribution in [3.8, 4) is 11.5 Å². The van der Waals surface area contributed by atoms with Gasteiger partial charge in [0.05, 0.1) is 17.6 Å². The first-order valence-corrected chi connectivity index (χ1v) is 6.29. The SMILES string of the molecule is COc1cccc(OCC2(N)CCCC2)c1[N+](=O)[O-]. The van der Waals surface area contributed by atoms with Crippen LogP contribution in [-0.4, -0.2) is 24.2 Å². The maximum absolute atomic E-state index is 11.1. The Bertz CT molecular complexity index is 470. The lowest BCUT2D eigenvalue weighted by atomic mass is 10.0. The molecule has 19 heavy (non-hydrogen) atoms. The van der Waals surface area contributed by atoms with Gasteiger partial charge in [-0.15, -0.1) is 0 Å². The summed E-state index contributed by atoms with van der Waals surface area (Å²) in [5.41, 5.74) is 5.67. The average Bonchev–Trinajstić information content (AvgIpc) is 2.83. The molecule has 0 heterocycles. The van der Waals surface area contributed by atoms with Crippen LogP contribution < -0.4 is 15.2 Å². The molecule has 0 saturated heterocycles. The molecule has 2 rings (SSSR count). The second-order valence-electron chi connectivity index (χ2n) is 4.92. The molecule has 1 aliphatic rings. The van der Waals surface area contributed by atoms with Crippen molar-refractivity contribution in [2.45, 2.75) is 31.2 Å². The van der Waals surface area contributed by atoms with Crippen molar-refractivity contribution in [2.24, 2.45) is 5.73 Å². The molecule has 104 valence electrons. The number of rotatable bonds is 5. The quantitative estimate of drug-likeness (QED) is 0.652. The summed E-state index contributed by atoms with van der Waals surface area (Å²) in [5, 5.41) is 11.1. The Labute approximate surface area is 111 Å². The molecule has 6 heteroatoms. The Balaban J connectivity index is 2.17. The molecule has 1 aromatic carbocycles. The minimum absolute atomic E-state index is 0.147. The highest BCUT2D eigenvalue weighted by Gasteiger charge is 2.31. The van der Waals surface area contributed by atoms with E-state index in [1.807, 2.05) is 0 Å². The topological polar surface area (TPSA) is 87.6 Å². The van der Waals surface area contributed by atoms with Gasteiger partial charge in [0, 0.05) is 0 Å². The van der Waals surface area contributed by atoms with E-state index in [1.165, 1.54) is 7.11 Å². The molecule has 1 aromatic rings. The number of nitrogens with zero attached hydrogens (tertiary/aromatic N) is 1. The number of methoxy groups -OCH3 is 1. The Morgan fingerprint density at radius 3 is 2.58 bits per heavy atom. The highest BCUT2D eigenvalue weighted by Crippen LogP contribution is 2.37. The zero-order chi connectivity index (χ0) is 13.9. The molecule has 6 nitrogen and oxygen atoms in total. The molecular formula is C13H18N2O4. The zero-order valence-electron chi connectivity index (χ0n) is 10.9. The second-order valence-corrected chi connectivity index (χ2v) is 4.92. The van der Waals surface area contributed by atoms with E-state index in [0.717, 1.165) is 25.7 Å². The molecule has 0 aliphatic heterocycles. The predicted molar refractivity (Wildman–Crippen MR) is 70.5 cm³/mol. The van der Waals surface area contributed by atoms with Crippen LogP contribution >= 0.6 is 0 Å². The minimum atomic E-state index is -0.494. The number of nitrogens with two attached hydrogens (primary N) is 1. The van der Waals surface area contributed by atoms with Crippen LogP contribution in [-0.2, 0) is 0 Å². The maximum Gasteiger partial charge on any atom is 0.352 e. The fourth-order valence-electron chi connectivity index (χ4n) is 2.41. The number of para-hydroxylation sites is 1. The lowest BCUT2D eigenvalue weighted by Gasteiger charge is -2.23. The third-order valence-corrected chi connectivity index (χ3v) is 3.48. The highest BCUT2D eigenvalue weighted by atomic mass is 16.6. The summed E-state index contributed by atoms with van der Waals surface area (Å²) in [4.78, 5) is 10.6. The van der Waals surface area contributed by atoms with Crippen molar-refractivity contribution < 1.29 is 14.4 Å². The summed E-state index contributed by atoms with van der Waals surface area (Å²) in [6.45, 7) is 0.293. The van der Waals surface area contributed by atoms with Crippen molar-refractivity contribution >= 4 is 5.69 Å². The van der Waals surface area contributed by atoms with E-state index in [-0.39, 0.29) is 22.7 Å². The van der Waals surface area contributed by atoms with Gasteiger partial charge in [-0.1, -0.05) is 18.9 Å². The van der Waals surface area contributed by atoms with Gasteiger partial charge in [0.2, 0.25) is 11.5 Å². The van der Waals surface area contributed by atoms with Gasteiger partial charge in [-0.2, -0.15) is 0 Å². The summed E-state index contributed by atoms with van der Waals surface area (Å²) >= 11 is 0. The van der Waals surface area contributed by atoms with Crippen molar-refractivity contribution in [1.82, 2.24) is 0 Å². The number of ether oxygens (including phenoxy) is 2. The summed E-state index contributed by atoms with van der Waals surface area (Å²) in [6.07, 6.45) is 3.95. The van der Waals surface area contributed by atoms with E-state index in [2.05, 4.69) is 0 Å². The predicted octanol–water partition coefficient (Wildman–Crippen LogP) is 2.25. The molecule has 0 unspecified atom stereocenters. The van der Waals surface area contributed by atoms with Crippen LogP contribution in [0, 0.1) is 10.1 Å². The summed E-state index contributed by atoms with van der Waals surface area (Å²) in [5.74, 6) is 0.404. The van der Waals surface area contributed by atoms with Crippen LogP contribution in [0.3, 0.4) is 0 Å². The van der Waals surface area contributed by atoms with Crippen LogP contribution in [0.25, 0.3) is 0 Å². The standard InChI is InChI=1S/C13H18N2O4/c1-18-10-5-4-6-11(12(10)15(16)17)19-9-13(14)7-2-3-8-13/h4-6H,2-3,7-9,14H2,1H3. The fraction of sp³-hybridized carbons (Fsp3) is 0.538. The van der Waals surface area contributed by atoms with E-state index < -0.39 is 4.92 Å². The molecule has 1 fully saturated rings. The van der Waals surface area contributed by atoms with Gasteiger partial charge in [0.1, 0.15) is 6.61 Å². The Hall–Kier alpha value is -1.82. The third-order valence-electron chi connectivity index (χ3n) is 3.48. The normalized spacial score (nSPS) is 17.2. The fourth-order valence-corrected chi connectivity index (χ4v) is 2.41. The number of nitro groups is 1. The Kier molecular flexibility index (Phi) is 3.90. The van der Waals surface area contributed by atoms with E-state index in [1.54, 1.807) is 18.2 Å². The van der Waals surface area contributed by atoms with Crippen LogP contribution in [0.4, 0.5) is 5.69 Å². The highest BCUT2D eigenvalue weighted by molar-refractivity contribution is 5.57. The first kappa shape index (κ1) is 13.6. The van der Waals surface area contributed by atoms with Gasteiger partial charge in [-0.3, -0.25) is 10.1 Å². The molecule has 0 amide bonds. The van der Waals surface area contributed by atoms with Gasteiger partial charge < -0.3 is 15.2 Å². The Morgan fingerprint density at radius 2 is 2.00 bits per heavy atom. The van der Waals surface area contributed by atoms with Crippen LogP contribution in [0.5, 0.6) is 11.5 Å². The molecule has 1 aliphatic carbocycles. The van der Waals surface area contributed by atoms with Gasteiger partial charge in [-0.25, -0.2) is 0 Å². The first-order chi connectivity index (χ1) is 9.06. The third kappa shape index (κ3) is 2.96.